The van der Waals surface area contributed by atoms with Gasteiger partial charge in [0.15, 0.2) is 0 Å². The summed E-state index contributed by atoms with van der Waals surface area (Å²) in [6.45, 7) is 0. The molecule has 0 amide bonds. The molecule has 0 spiro atoms. The lowest BCUT2D eigenvalue weighted by atomic mass is 9.96. The molecule has 0 N–H and O–H groups in total. The van der Waals surface area contributed by atoms with Gasteiger partial charge in [0.2, 0.25) is 0 Å². The van der Waals surface area contributed by atoms with Gasteiger partial charge in [-0.25, -0.2) is 0 Å². The number of rotatable bonds is 4. The molecule has 256 valence electrons. The van der Waals surface area contributed by atoms with Gasteiger partial charge < -0.3 is 13.6 Å². The monoisotopic (exact) mass is 700 g/mol. The molecule has 0 unspecified atom stereocenters. The van der Waals surface area contributed by atoms with Crippen molar-refractivity contribution in [3.05, 3.63) is 194 Å². The molecular formula is C52H32N2O. The molecule has 0 fully saturated rings. The van der Waals surface area contributed by atoms with Crippen molar-refractivity contribution in [1.82, 2.24) is 9.13 Å². The van der Waals surface area contributed by atoms with E-state index in [9.17, 15) is 0 Å². The van der Waals surface area contributed by atoms with E-state index in [1.54, 1.807) is 0 Å². The number of hydrogen-bond acceptors (Lipinski definition) is 1. The Morgan fingerprint density at radius 3 is 1.60 bits per heavy atom. The number of hydrogen-bond donors (Lipinski definition) is 0. The number of furan rings is 1. The summed E-state index contributed by atoms with van der Waals surface area (Å²) in [5.74, 6) is 0. The predicted molar refractivity (Wildman–Crippen MR) is 231 cm³/mol. The Morgan fingerprint density at radius 2 is 0.836 bits per heavy atom. The lowest BCUT2D eigenvalue weighted by molar-refractivity contribution is 0.669. The third kappa shape index (κ3) is 4.44. The highest BCUT2D eigenvalue weighted by molar-refractivity contribution is 6.14. The van der Waals surface area contributed by atoms with E-state index in [2.05, 4.69) is 191 Å². The molecule has 0 saturated carbocycles. The standard InChI is InChI=1S/C52H32N2O/c1-2-12-36(13-3-1)53-46-20-7-4-14-40(46)42-27-24-33(31-49(42)53)34-25-28-43-41-15-5-8-21-47(41)54(50(43)32-34)48-22-11-18-38-37(17-10-19-39(38)48)35-26-29-52-45(30-35)44-16-6-9-23-51(44)55-52/h1-32H. The Balaban J connectivity index is 1.07. The minimum Gasteiger partial charge on any atom is -0.456 e. The SMILES string of the molecule is c1ccc(-n2c3ccccc3c3ccc(-c4ccc5c6ccccc6n(-c6cccc7c(-c8ccc9oc%10ccccc%10c9c8)cccc67)c5c4)cc32)cc1. The molecule has 3 heteroatoms. The molecule has 0 bridgehead atoms. The third-order valence-electron chi connectivity index (χ3n) is 11.5. The van der Waals surface area contributed by atoms with Gasteiger partial charge in [-0.2, -0.15) is 0 Å². The van der Waals surface area contributed by atoms with Crippen molar-refractivity contribution in [1.29, 1.82) is 0 Å². The van der Waals surface area contributed by atoms with Crippen molar-refractivity contribution in [2.45, 2.75) is 0 Å². The van der Waals surface area contributed by atoms with E-state index < -0.39 is 0 Å². The Hall–Kier alpha value is -7.36. The van der Waals surface area contributed by atoms with Crippen LogP contribution in [0.1, 0.15) is 0 Å². The molecule has 3 nitrogen and oxygen atoms in total. The molecule has 0 aliphatic rings. The summed E-state index contributed by atoms with van der Waals surface area (Å²) in [7, 11) is 0. The fraction of sp³-hybridized carbons (Fsp3) is 0. The molecule has 12 rings (SSSR count). The third-order valence-corrected chi connectivity index (χ3v) is 11.5. The van der Waals surface area contributed by atoms with Gasteiger partial charge in [-0.05, 0) is 88.3 Å². The maximum Gasteiger partial charge on any atom is 0.135 e. The summed E-state index contributed by atoms with van der Waals surface area (Å²) in [6, 6.07) is 70.4. The topological polar surface area (TPSA) is 23.0 Å². The largest absolute Gasteiger partial charge is 0.456 e. The van der Waals surface area contributed by atoms with Crippen LogP contribution in [0.5, 0.6) is 0 Å². The van der Waals surface area contributed by atoms with Crippen LogP contribution >= 0.6 is 0 Å². The van der Waals surface area contributed by atoms with Gasteiger partial charge in [0.05, 0.1) is 27.8 Å². The van der Waals surface area contributed by atoms with E-state index in [4.69, 9.17) is 4.42 Å². The first-order chi connectivity index (χ1) is 27.3. The zero-order valence-corrected chi connectivity index (χ0v) is 29.8. The fourth-order valence-electron chi connectivity index (χ4n) is 9.05. The van der Waals surface area contributed by atoms with Gasteiger partial charge in [0.1, 0.15) is 11.2 Å². The Kier molecular flexibility index (Phi) is 6.34. The lowest BCUT2D eigenvalue weighted by Gasteiger charge is -2.15. The minimum absolute atomic E-state index is 0.910. The zero-order valence-electron chi connectivity index (χ0n) is 29.8. The molecule has 0 radical (unpaired) electrons. The van der Waals surface area contributed by atoms with E-state index in [0.717, 1.165) is 33.3 Å². The van der Waals surface area contributed by atoms with Gasteiger partial charge in [-0.1, -0.05) is 133 Å². The highest BCUT2D eigenvalue weighted by Gasteiger charge is 2.18. The van der Waals surface area contributed by atoms with Crippen LogP contribution in [-0.2, 0) is 0 Å². The van der Waals surface area contributed by atoms with Crippen LogP contribution < -0.4 is 0 Å². The first kappa shape index (κ1) is 30.1. The van der Waals surface area contributed by atoms with Gasteiger partial charge in [0, 0.05) is 43.4 Å². The molecule has 0 atom stereocenters. The summed E-state index contributed by atoms with van der Waals surface area (Å²) in [5.41, 5.74) is 13.7. The van der Waals surface area contributed by atoms with Crippen LogP contribution in [0, 0.1) is 0 Å². The highest BCUT2D eigenvalue weighted by Crippen LogP contribution is 2.41. The normalized spacial score (nSPS) is 12.0. The van der Waals surface area contributed by atoms with Crippen molar-refractivity contribution in [3.8, 4) is 33.6 Å². The van der Waals surface area contributed by atoms with Crippen molar-refractivity contribution in [2.75, 3.05) is 0 Å². The van der Waals surface area contributed by atoms with Crippen molar-refractivity contribution < 1.29 is 4.42 Å². The molecular weight excluding hydrogens is 669 g/mol. The Morgan fingerprint density at radius 1 is 0.291 bits per heavy atom. The minimum atomic E-state index is 0.910. The Bertz CT molecular complexity index is 3490. The maximum atomic E-state index is 6.18. The fourth-order valence-corrected chi connectivity index (χ4v) is 9.05. The van der Waals surface area contributed by atoms with Crippen LogP contribution in [0.15, 0.2) is 199 Å². The summed E-state index contributed by atoms with van der Waals surface area (Å²) >= 11 is 0. The quantitative estimate of drug-likeness (QED) is 0.179. The van der Waals surface area contributed by atoms with Crippen LogP contribution in [-0.4, -0.2) is 9.13 Å². The molecule has 0 aliphatic carbocycles. The molecule has 3 aromatic heterocycles. The summed E-state index contributed by atoms with van der Waals surface area (Å²) in [6.07, 6.45) is 0. The van der Waals surface area contributed by atoms with E-state index in [-0.39, 0.29) is 0 Å². The van der Waals surface area contributed by atoms with Gasteiger partial charge in [-0.15, -0.1) is 0 Å². The van der Waals surface area contributed by atoms with E-state index in [1.807, 2.05) is 12.1 Å². The molecule has 3 heterocycles. The number of benzene rings is 9. The first-order valence-electron chi connectivity index (χ1n) is 18.8. The lowest BCUT2D eigenvalue weighted by Crippen LogP contribution is -1.96. The smallest absolute Gasteiger partial charge is 0.135 e. The van der Waals surface area contributed by atoms with Crippen LogP contribution in [0.4, 0.5) is 0 Å². The molecule has 12 aromatic rings. The second kappa shape index (κ2) is 11.6. The number of fused-ring (bicyclic) bond motifs is 10. The molecule has 0 saturated heterocycles. The highest BCUT2D eigenvalue weighted by atomic mass is 16.3. The Labute approximate surface area is 316 Å². The number of aromatic nitrogens is 2. The van der Waals surface area contributed by atoms with E-state index >= 15 is 0 Å². The van der Waals surface area contributed by atoms with Crippen LogP contribution in [0.2, 0.25) is 0 Å². The van der Waals surface area contributed by atoms with E-state index in [0.29, 0.717) is 0 Å². The van der Waals surface area contributed by atoms with Gasteiger partial charge >= 0.3 is 0 Å². The maximum absolute atomic E-state index is 6.18. The summed E-state index contributed by atoms with van der Waals surface area (Å²) in [5, 5.41) is 9.70. The molecule has 55 heavy (non-hydrogen) atoms. The van der Waals surface area contributed by atoms with Gasteiger partial charge in [0.25, 0.3) is 0 Å². The average molecular weight is 701 g/mol. The summed E-state index contributed by atoms with van der Waals surface area (Å²) < 4.78 is 11.0. The molecule has 9 aromatic carbocycles. The second-order valence-electron chi connectivity index (χ2n) is 14.5. The number of para-hydroxylation sites is 4. The van der Waals surface area contributed by atoms with Crippen molar-refractivity contribution >= 4 is 76.3 Å². The van der Waals surface area contributed by atoms with E-state index in [1.165, 1.54) is 76.6 Å². The first-order valence-corrected chi connectivity index (χ1v) is 18.8. The van der Waals surface area contributed by atoms with Crippen LogP contribution in [0.25, 0.3) is 110 Å². The molecule has 0 aliphatic heterocycles. The number of nitrogens with zero attached hydrogens (tertiary/aromatic N) is 2. The zero-order chi connectivity index (χ0) is 36.0. The van der Waals surface area contributed by atoms with Crippen molar-refractivity contribution in [3.63, 3.8) is 0 Å². The predicted octanol–water partition coefficient (Wildman–Crippen LogP) is 14.3. The van der Waals surface area contributed by atoms with Crippen molar-refractivity contribution in [2.24, 2.45) is 0 Å². The van der Waals surface area contributed by atoms with Gasteiger partial charge in [-0.3, -0.25) is 0 Å². The van der Waals surface area contributed by atoms with Crippen LogP contribution in [0.3, 0.4) is 0 Å². The second-order valence-corrected chi connectivity index (χ2v) is 14.5. The summed E-state index contributed by atoms with van der Waals surface area (Å²) in [4.78, 5) is 0. The average Bonchev–Trinajstić information content (AvgIpc) is 3.90.